The number of anilines is 1. The van der Waals surface area contributed by atoms with Crippen molar-refractivity contribution in [2.45, 2.75) is 18.6 Å². The lowest BCUT2D eigenvalue weighted by molar-refractivity contribution is -0.121. The van der Waals surface area contributed by atoms with E-state index in [0.29, 0.717) is 0 Å². The molecule has 1 aromatic rings. The highest BCUT2D eigenvalue weighted by molar-refractivity contribution is 5.99. The molecule has 2 unspecified atom stereocenters. The number of hydrogen-bond acceptors (Lipinski definition) is 7. The first-order valence-corrected chi connectivity index (χ1v) is 4.87. The van der Waals surface area contributed by atoms with Crippen molar-refractivity contribution in [1.82, 2.24) is 15.2 Å². The van der Waals surface area contributed by atoms with E-state index >= 15 is 0 Å². The van der Waals surface area contributed by atoms with Crippen molar-refractivity contribution in [3.8, 4) is 0 Å². The molecule has 9 nitrogen and oxygen atoms in total. The fraction of sp³-hybridized carbons (Fsp3) is 0.500. The molecule has 0 aromatic carbocycles. The van der Waals surface area contributed by atoms with Gasteiger partial charge < -0.3 is 21.5 Å². The molecule has 1 aliphatic heterocycles. The number of rotatable bonds is 2. The monoisotopic (exact) mass is 241 g/mol. The lowest BCUT2D eigenvalue weighted by Crippen LogP contribution is -2.44. The lowest BCUT2D eigenvalue weighted by atomic mass is 10.2. The summed E-state index contributed by atoms with van der Waals surface area (Å²) in [5.74, 6) is -1.49. The molecule has 0 radical (unpaired) electrons. The van der Waals surface area contributed by atoms with Crippen molar-refractivity contribution >= 4 is 17.6 Å². The van der Waals surface area contributed by atoms with Gasteiger partial charge in [0.15, 0.2) is 0 Å². The Hall–Kier alpha value is -2.16. The van der Waals surface area contributed by atoms with Crippen LogP contribution in [-0.4, -0.2) is 50.8 Å². The number of likely N-dealkylation sites (tertiary alicyclic amines) is 1. The van der Waals surface area contributed by atoms with Gasteiger partial charge in [0.2, 0.25) is 17.4 Å². The van der Waals surface area contributed by atoms with Gasteiger partial charge in [-0.15, -0.1) is 0 Å². The second-order valence-electron chi connectivity index (χ2n) is 3.76. The Morgan fingerprint density at radius 3 is 2.71 bits per heavy atom. The van der Waals surface area contributed by atoms with Crippen LogP contribution in [0.1, 0.15) is 16.9 Å². The van der Waals surface area contributed by atoms with Gasteiger partial charge in [-0.3, -0.25) is 9.59 Å². The fourth-order valence-corrected chi connectivity index (χ4v) is 1.79. The van der Waals surface area contributed by atoms with Crippen molar-refractivity contribution in [2.75, 3.05) is 12.3 Å². The summed E-state index contributed by atoms with van der Waals surface area (Å²) >= 11 is 0. The number of nitrogens with zero attached hydrogens (tertiary/aromatic N) is 3. The quantitative estimate of drug-likeness (QED) is 0.527. The van der Waals surface area contributed by atoms with E-state index in [9.17, 15) is 14.7 Å². The number of hydrogen-bond donors (Lipinski definition) is 3. The average Bonchev–Trinajstić information content (AvgIpc) is 2.83. The molecule has 1 aliphatic rings. The molecule has 0 saturated carbocycles. The maximum Gasteiger partial charge on any atom is 0.280 e. The Kier molecular flexibility index (Phi) is 2.68. The van der Waals surface area contributed by atoms with Crippen LogP contribution in [0.2, 0.25) is 0 Å². The first kappa shape index (κ1) is 11.3. The second-order valence-corrected chi connectivity index (χ2v) is 3.76. The fourth-order valence-electron chi connectivity index (χ4n) is 1.79. The van der Waals surface area contributed by atoms with Gasteiger partial charge in [0.1, 0.15) is 6.04 Å². The Labute approximate surface area is 95.3 Å². The number of aliphatic hydroxyl groups is 1. The zero-order chi connectivity index (χ0) is 12.6. The van der Waals surface area contributed by atoms with Crippen molar-refractivity contribution in [2.24, 2.45) is 5.73 Å². The van der Waals surface area contributed by atoms with Crippen molar-refractivity contribution < 1.29 is 19.3 Å². The molecule has 1 aromatic heterocycles. The number of β-amino-alcohol motifs (C(OH)–C–C–N with tert-alkyl or cyclic N) is 1. The molecule has 0 aliphatic carbocycles. The maximum absolute atomic E-state index is 12.0. The van der Waals surface area contributed by atoms with Crippen LogP contribution in [0.25, 0.3) is 0 Å². The molecule has 17 heavy (non-hydrogen) atoms. The molecule has 9 heteroatoms. The summed E-state index contributed by atoms with van der Waals surface area (Å²) in [4.78, 5) is 24.2. The minimum absolute atomic E-state index is 0.00125. The van der Waals surface area contributed by atoms with Crippen LogP contribution in [0, 0.1) is 0 Å². The lowest BCUT2D eigenvalue weighted by Gasteiger charge is -2.20. The molecule has 1 fully saturated rings. The molecule has 92 valence electrons. The largest absolute Gasteiger partial charge is 0.391 e. The summed E-state index contributed by atoms with van der Waals surface area (Å²) in [6, 6.07) is -0.867. The number of aliphatic hydroxyl groups excluding tert-OH is 1. The normalized spacial score (nSPS) is 23.9. The Balaban J connectivity index is 2.25. The van der Waals surface area contributed by atoms with E-state index in [1.807, 2.05) is 0 Å². The van der Waals surface area contributed by atoms with Crippen LogP contribution >= 0.6 is 0 Å². The highest BCUT2D eigenvalue weighted by Gasteiger charge is 2.39. The van der Waals surface area contributed by atoms with Crippen LogP contribution in [0.5, 0.6) is 0 Å². The average molecular weight is 241 g/mol. The van der Waals surface area contributed by atoms with Gasteiger partial charge >= 0.3 is 0 Å². The summed E-state index contributed by atoms with van der Waals surface area (Å²) in [7, 11) is 0. The Morgan fingerprint density at radius 1 is 1.47 bits per heavy atom. The van der Waals surface area contributed by atoms with Crippen molar-refractivity contribution in [3.05, 3.63) is 5.69 Å². The van der Waals surface area contributed by atoms with Gasteiger partial charge in [-0.1, -0.05) is 0 Å². The summed E-state index contributed by atoms with van der Waals surface area (Å²) in [5.41, 5.74) is 10.3. The summed E-state index contributed by atoms with van der Waals surface area (Å²) in [6.45, 7) is -0.00125. The number of carbonyl (C=O) groups is 2. The summed E-state index contributed by atoms with van der Waals surface area (Å²) in [6.07, 6.45) is -0.691. The molecular weight excluding hydrogens is 230 g/mol. The van der Waals surface area contributed by atoms with E-state index in [1.165, 1.54) is 0 Å². The minimum Gasteiger partial charge on any atom is -0.391 e. The van der Waals surface area contributed by atoms with Gasteiger partial charge in [0.05, 0.1) is 6.10 Å². The third kappa shape index (κ3) is 1.91. The smallest absolute Gasteiger partial charge is 0.280 e. The molecule has 0 spiro atoms. The number of amides is 2. The van der Waals surface area contributed by atoms with Gasteiger partial charge in [0, 0.05) is 13.0 Å². The van der Waals surface area contributed by atoms with Gasteiger partial charge in [0.25, 0.3) is 5.91 Å². The van der Waals surface area contributed by atoms with Gasteiger partial charge in [-0.25, -0.2) is 4.63 Å². The number of primary amides is 1. The number of aromatic nitrogens is 2. The minimum atomic E-state index is -0.867. The molecule has 1 saturated heterocycles. The second kappa shape index (κ2) is 4.01. The van der Waals surface area contributed by atoms with Crippen LogP contribution in [0.15, 0.2) is 4.63 Å². The molecule has 2 atom stereocenters. The van der Waals surface area contributed by atoms with Crippen molar-refractivity contribution in [3.63, 3.8) is 0 Å². The van der Waals surface area contributed by atoms with Crippen molar-refractivity contribution in [1.29, 1.82) is 0 Å². The van der Waals surface area contributed by atoms with Gasteiger partial charge in [-0.05, 0) is 10.3 Å². The first-order chi connectivity index (χ1) is 8.00. The number of carbonyl (C=O) groups excluding carboxylic acids is 2. The molecule has 2 amide bonds. The van der Waals surface area contributed by atoms with E-state index in [0.717, 1.165) is 4.90 Å². The highest BCUT2D eigenvalue weighted by atomic mass is 16.6. The summed E-state index contributed by atoms with van der Waals surface area (Å²) < 4.78 is 4.30. The number of nitrogen functional groups attached to an aromatic ring is 1. The SMILES string of the molecule is NC(=O)C1CC(O)CN1C(=O)c1nonc1N. The Bertz CT molecular complexity index is 459. The number of nitrogens with two attached hydrogens (primary N) is 2. The standard InChI is InChI=1S/C8H11N5O4/c9-6-5(11-17-12-6)8(16)13-2-3(14)1-4(13)7(10)15/h3-4,14H,1-2H2,(H2,9,12)(H2,10,15). The van der Waals surface area contributed by atoms with Crippen LogP contribution < -0.4 is 11.5 Å². The molecule has 0 bridgehead atoms. The van der Waals surface area contributed by atoms with Crippen LogP contribution in [0.4, 0.5) is 5.82 Å². The van der Waals surface area contributed by atoms with E-state index in [2.05, 4.69) is 14.9 Å². The van der Waals surface area contributed by atoms with E-state index in [1.54, 1.807) is 0 Å². The molecular formula is C8H11N5O4. The Morgan fingerprint density at radius 2 is 2.18 bits per heavy atom. The van der Waals surface area contributed by atoms with E-state index in [4.69, 9.17) is 11.5 Å². The zero-order valence-corrected chi connectivity index (χ0v) is 8.74. The zero-order valence-electron chi connectivity index (χ0n) is 8.74. The van der Waals surface area contributed by atoms with Gasteiger partial charge in [-0.2, -0.15) is 0 Å². The van der Waals surface area contributed by atoms with E-state index < -0.39 is 24.0 Å². The topological polar surface area (TPSA) is 149 Å². The first-order valence-electron chi connectivity index (χ1n) is 4.87. The molecule has 5 N–H and O–H groups in total. The third-order valence-corrected chi connectivity index (χ3v) is 2.58. The highest BCUT2D eigenvalue weighted by Crippen LogP contribution is 2.21. The summed E-state index contributed by atoms with van der Waals surface area (Å²) in [5, 5.41) is 16.0. The molecule has 2 heterocycles. The maximum atomic E-state index is 12.0. The third-order valence-electron chi connectivity index (χ3n) is 2.58. The molecule has 2 rings (SSSR count). The predicted octanol–water partition coefficient (Wildman–Crippen LogP) is -2.29. The van der Waals surface area contributed by atoms with Crippen LogP contribution in [0.3, 0.4) is 0 Å². The van der Waals surface area contributed by atoms with Crippen LogP contribution in [-0.2, 0) is 4.79 Å². The van der Waals surface area contributed by atoms with E-state index in [-0.39, 0.29) is 24.5 Å². The predicted molar refractivity (Wildman–Crippen MR) is 53.4 cm³/mol.